The highest BCUT2D eigenvalue weighted by atomic mass is 35.5. The quantitative estimate of drug-likeness (QED) is 0.485. The fourth-order valence-corrected chi connectivity index (χ4v) is 2.66. The first-order valence-electron chi connectivity index (χ1n) is 8.51. The molecule has 0 spiro atoms. The molecule has 0 aromatic heterocycles. The molecule has 3 N–H and O–H groups in total. The summed E-state index contributed by atoms with van der Waals surface area (Å²) in [4.78, 5) is 37.0. The number of nitrogens with one attached hydrogen (secondary N) is 1. The Morgan fingerprint density at radius 3 is 2.35 bits per heavy atom. The van der Waals surface area contributed by atoms with Gasteiger partial charge in [0.15, 0.2) is 6.61 Å². The van der Waals surface area contributed by atoms with E-state index in [4.69, 9.17) is 33.7 Å². The van der Waals surface area contributed by atoms with Crippen LogP contribution >= 0.6 is 23.2 Å². The molecule has 0 radical (unpaired) electrons. The molecule has 7 nitrogen and oxygen atoms in total. The zero-order valence-corrected chi connectivity index (χ0v) is 17.4. The molecule has 0 heterocycles. The highest BCUT2D eigenvalue weighted by Crippen LogP contribution is 2.36. The SMILES string of the molecule is CN(CC(=O)Nc1ccc(Cl)c(C(F)(F)F)c1)C(=O)COC(=O)c1ccc(Cl)c(N)c1. The first-order valence-corrected chi connectivity index (χ1v) is 9.26. The number of hydrogen-bond donors (Lipinski definition) is 2. The number of carbonyl (C=O) groups excluding carboxylic acids is 3. The van der Waals surface area contributed by atoms with E-state index in [0.717, 1.165) is 11.0 Å². The normalized spacial score (nSPS) is 11.0. The number of nitrogen functional groups attached to an aromatic ring is 1. The van der Waals surface area contributed by atoms with Gasteiger partial charge in [-0.2, -0.15) is 13.2 Å². The molecule has 2 amide bonds. The van der Waals surface area contributed by atoms with Crippen molar-refractivity contribution in [1.82, 2.24) is 4.90 Å². The largest absolute Gasteiger partial charge is 0.452 e. The molecule has 0 saturated carbocycles. The molecule has 166 valence electrons. The van der Waals surface area contributed by atoms with E-state index in [-0.39, 0.29) is 22.0 Å². The van der Waals surface area contributed by atoms with Gasteiger partial charge < -0.3 is 20.7 Å². The third kappa shape index (κ3) is 6.76. The van der Waals surface area contributed by atoms with Crippen molar-refractivity contribution in [3.05, 3.63) is 57.6 Å². The Morgan fingerprint density at radius 1 is 1.10 bits per heavy atom. The van der Waals surface area contributed by atoms with Crippen LogP contribution in [0, 0.1) is 0 Å². The first kappa shape index (κ1) is 24.3. The summed E-state index contributed by atoms with van der Waals surface area (Å²) in [6, 6.07) is 6.92. The predicted molar refractivity (Wildman–Crippen MR) is 109 cm³/mol. The third-order valence-corrected chi connectivity index (χ3v) is 4.59. The van der Waals surface area contributed by atoms with Gasteiger partial charge in [-0.1, -0.05) is 23.2 Å². The molecule has 0 saturated heterocycles. The Kier molecular flexibility index (Phi) is 7.75. The number of rotatable bonds is 6. The zero-order valence-electron chi connectivity index (χ0n) is 15.9. The van der Waals surface area contributed by atoms with Crippen molar-refractivity contribution in [2.24, 2.45) is 0 Å². The number of amides is 2. The fourth-order valence-electron chi connectivity index (χ4n) is 2.32. The van der Waals surface area contributed by atoms with Crippen molar-refractivity contribution >= 4 is 52.4 Å². The zero-order chi connectivity index (χ0) is 23.3. The van der Waals surface area contributed by atoms with E-state index in [2.05, 4.69) is 5.32 Å². The maximum Gasteiger partial charge on any atom is 0.417 e. The molecule has 0 aliphatic rings. The number of ether oxygens (including phenoxy) is 1. The summed E-state index contributed by atoms with van der Waals surface area (Å²) in [7, 11) is 1.26. The summed E-state index contributed by atoms with van der Waals surface area (Å²) < 4.78 is 43.5. The number of nitrogens with two attached hydrogens (primary N) is 1. The third-order valence-electron chi connectivity index (χ3n) is 3.92. The number of alkyl halides is 3. The topological polar surface area (TPSA) is 102 Å². The number of anilines is 2. The Morgan fingerprint density at radius 2 is 1.74 bits per heavy atom. The molecule has 31 heavy (non-hydrogen) atoms. The highest BCUT2D eigenvalue weighted by Gasteiger charge is 2.33. The van der Waals surface area contributed by atoms with Crippen LogP contribution in [0.2, 0.25) is 10.0 Å². The van der Waals surface area contributed by atoms with Crippen LogP contribution in [-0.4, -0.2) is 42.9 Å². The maximum absolute atomic E-state index is 12.9. The van der Waals surface area contributed by atoms with Gasteiger partial charge in [0.05, 0.1) is 33.4 Å². The van der Waals surface area contributed by atoms with Crippen molar-refractivity contribution in [1.29, 1.82) is 0 Å². The van der Waals surface area contributed by atoms with E-state index in [1.54, 1.807) is 0 Å². The summed E-state index contributed by atoms with van der Waals surface area (Å²) in [5, 5.41) is 1.98. The first-order chi connectivity index (χ1) is 14.4. The van der Waals surface area contributed by atoms with Crippen molar-refractivity contribution in [2.75, 3.05) is 31.2 Å². The summed E-state index contributed by atoms with van der Waals surface area (Å²) in [6.07, 6.45) is -4.69. The fraction of sp³-hybridized carbons (Fsp3) is 0.211. The molecule has 0 aliphatic heterocycles. The van der Waals surface area contributed by atoms with E-state index < -0.39 is 47.7 Å². The minimum absolute atomic E-state index is 0.0818. The summed E-state index contributed by atoms with van der Waals surface area (Å²) in [6.45, 7) is -1.15. The number of carbonyl (C=O) groups is 3. The summed E-state index contributed by atoms with van der Waals surface area (Å²) >= 11 is 11.3. The van der Waals surface area contributed by atoms with Crippen LogP contribution in [0.1, 0.15) is 15.9 Å². The number of hydrogen-bond acceptors (Lipinski definition) is 5. The second-order valence-corrected chi connectivity index (χ2v) is 7.12. The van der Waals surface area contributed by atoms with Crippen molar-refractivity contribution in [2.45, 2.75) is 6.18 Å². The van der Waals surface area contributed by atoms with Crippen LogP contribution in [0.4, 0.5) is 24.5 Å². The molecule has 0 unspecified atom stereocenters. The van der Waals surface area contributed by atoms with Crippen LogP contribution in [-0.2, 0) is 20.5 Å². The highest BCUT2D eigenvalue weighted by molar-refractivity contribution is 6.33. The number of esters is 1. The average molecular weight is 478 g/mol. The van der Waals surface area contributed by atoms with E-state index in [1.807, 2.05) is 0 Å². The van der Waals surface area contributed by atoms with Gasteiger partial charge in [0.1, 0.15) is 0 Å². The summed E-state index contributed by atoms with van der Waals surface area (Å²) in [5.74, 6) is -2.30. The number of likely N-dealkylation sites (N-methyl/N-ethyl adjacent to an activating group) is 1. The molecule has 2 rings (SSSR count). The lowest BCUT2D eigenvalue weighted by Crippen LogP contribution is -2.37. The maximum atomic E-state index is 12.9. The van der Waals surface area contributed by atoms with Gasteiger partial charge >= 0.3 is 12.1 Å². The van der Waals surface area contributed by atoms with Gasteiger partial charge in [-0.3, -0.25) is 9.59 Å². The Balaban J connectivity index is 1.90. The van der Waals surface area contributed by atoms with Crippen molar-refractivity contribution in [3.8, 4) is 0 Å². The predicted octanol–water partition coefficient (Wildman–Crippen LogP) is 3.85. The van der Waals surface area contributed by atoms with Crippen LogP contribution in [0.3, 0.4) is 0 Å². The Labute approximate surface area is 184 Å². The van der Waals surface area contributed by atoms with Gasteiger partial charge in [0.2, 0.25) is 5.91 Å². The van der Waals surface area contributed by atoms with Crippen LogP contribution in [0.15, 0.2) is 36.4 Å². The molecule has 0 bridgehead atoms. The lowest BCUT2D eigenvalue weighted by Gasteiger charge is -2.17. The van der Waals surface area contributed by atoms with Crippen LogP contribution in [0.5, 0.6) is 0 Å². The van der Waals surface area contributed by atoms with E-state index in [9.17, 15) is 27.6 Å². The molecule has 2 aromatic rings. The second-order valence-electron chi connectivity index (χ2n) is 6.30. The number of halogens is 5. The van der Waals surface area contributed by atoms with E-state index >= 15 is 0 Å². The van der Waals surface area contributed by atoms with Gasteiger partial charge in [0.25, 0.3) is 5.91 Å². The molecule has 0 atom stereocenters. The number of benzene rings is 2. The second kappa shape index (κ2) is 9.88. The van der Waals surface area contributed by atoms with Crippen molar-refractivity contribution < 1.29 is 32.3 Å². The molecule has 2 aromatic carbocycles. The van der Waals surface area contributed by atoms with E-state index in [1.165, 1.54) is 31.3 Å². The van der Waals surface area contributed by atoms with Gasteiger partial charge in [-0.25, -0.2) is 4.79 Å². The van der Waals surface area contributed by atoms with Crippen LogP contribution in [0.25, 0.3) is 0 Å². The molecule has 0 fully saturated rings. The standard InChI is InChI=1S/C19H16Cl2F3N3O4/c1-27(17(29)9-31-18(30)10-2-4-14(21)15(25)6-10)8-16(28)26-11-3-5-13(20)12(7-11)19(22,23)24/h2-7H,8-9,25H2,1H3,(H,26,28). The smallest absolute Gasteiger partial charge is 0.417 e. The van der Waals surface area contributed by atoms with E-state index in [0.29, 0.717) is 6.07 Å². The van der Waals surface area contributed by atoms with Crippen LogP contribution < -0.4 is 11.1 Å². The van der Waals surface area contributed by atoms with Gasteiger partial charge in [0, 0.05) is 12.7 Å². The molecular formula is C19H16Cl2F3N3O4. The lowest BCUT2D eigenvalue weighted by atomic mass is 10.2. The average Bonchev–Trinajstić information content (AvgIpc) is 2.68. The Bertz CT molecular complexity index is 1020. The molecule has 0 aliphatic carbocycles. The minimum atomic E-state index is -4.69. The van der Waals surface area contributed by atoms with Crippen molar-refractivity contribution in [3.63, 3.8) is 0 Å². The Hall–Kier alpha value is -2.98. The number of nitrogens with zero attached hydrogens (tertiary/aromatic N) is 1. The van der Waals surface area contributed by atoms with Gasteiger partial charge in [-0.05, 0) is 36.4 Å². The molecule has 12 heteroatoms. The monoisotopic (exact) mass is 477 g/mol. The molecular weight excluding hydrogens is 462 g/mol. The lowest BCUT2D eigenvalue weighted by molar-refractivity contribution is -0.137. The summed E-state index contributed by atoms with van der Waals surface area (Å²) in [5.41, 5.74) is 4.58. The van der Waals surface area contributed by atoms with Gasteiger partial charge in [-0.15, -0.1) is 0 Å². The minimum Gasteiger partial charge on any atom is -0.452 e.